The van der Waals surface area contributed by atoms with Crippen molar-refractivity contribution in [3.8, 4) is 0 Å². The van der Waals surface area contributed by atoms with Gasteiger partial charge in [0.05, 0.1) is 5.60 Å². The van der Waals surface area contributed by atoms with Crippen molar-refractivity contribution in [2.45, 2.75) is 26.4 Å². The van der Waals surface area contributed by atoms with Crippen LogP contribution >= 0.6 is 7.37 Å². The van der Waals surface area contributed by atoms with Crippen LogP contribution < -0.4 is 5.30 Å². The van der Waals surface area contributed by atoms with E-state index in [0.717, 1.165) is 16.7 Å². The summed E-state index contributed by atoms with van der Waals surface area (Å²) >= 11 is 0. The Hall–Kier alpha value is -2.41. The van der Waals surface area contributed by atoms with E-state index in [1.807, 2.05) is 118 Å². The average molecular weight is 376 g/mol. The van der Waals surface area contributed by atoms with E-state index in [-0.39, 0.29) is 0 Å². The molecule has 0 amide bonds. The summed E-state index contributed by atoms with van der Waals surface area (Å²) in [5.41, 5.74) is 2.39. The van der Waals surface area contributed by atoms with Crippen molar-refractivity contribution in [2.75, 3.05) is 0 Å². The molecule has 0 N–H and O–H groups in total. The molecule has 0 saturated carbocycles. The lowest BCUT2D eigenvalue weighted by atomic mass is 10.00. The summed E-state index contributed by atoms with van der Waals surface area (Å²) in [6, 6.07) is 29.5. The van der Waals surface area contributed by atoms with Gasteiger partial charge in [-0.25, -0.2) is 0 Å². The monoisotopic (exact) mass is 376 g/mol. The molecule has 3 heteroatoms. The Balaban J connectivity index is 2.22. The van der Waals surface area contributed by atoms with E-state index in [1.54, 1.807) is 0 Å². The summed E-state index contributed by atoms with van der Waals surface area (Å²) in [5, 5.41) is 0.698. The average Bonchev–Trinajstić information content (AvgIpc) is 2.67. The van der Waals surface area contributed by atoms with Crippen LogP contribution in [0.15, 0.2) is 96.8 Å². The minimum atomic E-state index is -3.24. The van der Waals surface area contributed by atoms with Gasteiger partial charge in [0.1, 0.15) is 0 Å². The van der Waals surface area contributed by atoms with Crippen LogP contribution in [0.2, 0.25) is 0 Å². The van der Waals surface area contributed by atoms with Crippen LogP contribution in [0.5, 0.6) is 0 Å². The Labute approximate surface area is 162 Å². The highest BCUT2D eigenvalue weighted by Crippen LogP contribution is 2.53. The van der Waals surface area contributed by atoms with Crippen molar-refractivity contribution < 1.29 is 9.09 Å². The molecule has 27 heavy (non-hydrogen) atoms. The van der Waals surface area contributed by atoms with Crippen LogP contribution in [0.4, 0.5) is 0 Å². The maximum atomic E-state index is 14.1. The molecule has 0 aromatic heterocycles. The lowest BCUT2D eigenvalue weighted by Gasteiger charge is -2.27. The molecule has 3 aromatic rings. The number of benzene rings is 3. The van der Waals surface area contributed by atoms with Gasteiger partial charge in [0, 0.05) is 11.1 Å². The summed E-state index contributed by atoms with van der Waals surface area (Å²) in [6.45, 7) is 5.80. The Kier molecular flexibility index (Phi) is 5.79. The number of hydrogen-bond donors (Lipinski definition) is 0. The van der Waals surface area contributed by atoms with E-state index in [2.05, 4.69) is 0 Å². The van der Waals surface area contributed by atoms with E-state index in [1.165, 1.54) is 0 Å². The summed E-state index contributed by atoms with van der Waals surface area (Å²) in [7, 11) is -3.24. The topological polar surface area (TPSA) is 26.3 Å². The van der Waals surface area contributed by atoms with Gasteiger partial charge in [0.25, 0.3) is 7.37 Å². The fourth-order valence-corrected chi connectivity index (χ4v) is 5.26. The second kappa shape index (κ2) is 8.08. The lowest BCUT2D eigenvalue weighted by Crippen LogP contribution is -2.21. The van der Waals surface area contributed by atoms with Gasteiger partial charge in [-0.05, 0) is 49.6 Å². The molecule has 0 fully saturated rings. The number of hydrogen-bond acceptors (Lipinski definition) is 2. The normalized spacial score (nSPS) is 13.6. The highest BCUT2D eigenvalue weighted by Gasteiger charge is 2.30. The maximum absolute atomic E-state index is 14.1. The van der Waals surface area contributed by atoms with Crippen LogP contribution in [0.25, 0.3) is 5.57 Å². The van der Waals surface area contributed by atoms with E-state index in [9.17, 15) is 4.57 Å². The molecule has 0 saturated heterocycles. The van der Waals surface area contributed by atoms with E-state index >= 15 is 0 Å². The second-order valence-corrected chi connectivity index (χ2v) is 9.56. The van der Waals surface area contributed by atoms with Crippen molar-refractivity contribution in [3.05, 3.63) is 108 Å². The molecule has 0 heterocycles. The molecule has 0 aliphatic rings. The van der Waals surface area contributed by atoms with Gasteiger partial charge in [0.2, 0.25) is 0 Å². The van der Waals surface area contributed by atoms with Crippen molar-refractivity contribution in [3.63, 3.8) is 0 Å². The summed E-state index contributed by atoms with van der Waals surface area (Å²) in [6.07, 6.45) is 0. The standard InChI is InChI=1S/C24H25O2P/c1-24(2,3)26-27(25,22-17-11-6-12-18-22)19-23(20-13-7-4-8-14-20)21-15-9-5-10-16-21/h4-19H,1-3H3. The molecular weight excluding hydrogens is 351 g/mol. The highest BCUT2D eigenvalue weighted by atomic mass is 31.2. The first kappa shape index (κ1) is 19.4. The second-order valence-electron chi connectivity index (χ2n) is 7.41. The molecule has 1 atom stereocenters. The van der Waals surface area contributed by atoms with Crippen LogP contribution in [0.3, 0.4) is 0 Å². The van der Waals surface area contributed by atoms with Gasteiger partial charge in [-0.1, -0.05) is 78.9 Å². The smallest absolute Gasteiger partial charge is 0.255 e. The van der Waals surface area contributed by atoms with Gasteiger partial charge in [-0.15, -0.1) is 0 Å². The minimum Gasteiger partial charge on any atom is -0.317 e. The summed E-state index contributed by atoms with van der Waals surface area (Å²) in [5.74, 6) is 1.82. The third-order valence-corrected chi connectivity index (χ3v) is 6.43. The van der Waals surface area contributed by atoms with Crippen molar-refractivity contribution in [1.29, 1.82) is 0 Å². The van der Waals surface area contributed by atoms with Gasteiger partial charge in [-0.2, -0.15) is 0 Å². The Morgan fingerprint density at radius 1 is 0.741 bits per heavy atom. The predicted octanol–water partition coefficient (Wildman–Crippen LogP) is 6.49. The molecular formula is C24H25O2P. The van der Waals surface area contributed by atoms with Crippen molar-refractivity contribution in [1.82, 2.24) is 0 Å². The van der Waals surface area contributed by atoms with Gasteiger partial charge < -0.3 is 4.52 Å². The molecule has 3 rings (SSSR count). The van der Waals surface area contributed by atoms with Crippen molar-refractivity contribution in [2.24, 2.45) is 0 Å². The molecule has 0 bridgehead atoms. The van der Waals surface area contributed by atoms with Crippen LogP contribution in [-0.4, -0.2) is 5.60 Å². The molecule has 0 spiro atoms. The van der Waals surface area contributed by atoms with Crippen LogP contribution in [0, 0.1) is 0 Å². The first-order chi connectivity index (χ1) is 12.9. The van der Waals surface area contributed by atoms with E-state index in [4.69, 9.17) is 4.52 Å². The van der Waals surface area contributed by atoms with E-state index < -0.39 is 13.0 Å². The zero-order valence-corrected chi connectivity index (χ0v) is 16.9. The molecule has 2 nitrogen and oxygen atoms in total. The van der Waals surface area contributed by atoms with E-state index in [0.29, 0.717) is 5.30 Å². The molecule has 138 valence electrons. The molecule has 1 unspecified atom stereocenters. The largest absolute Gasteiger partial charge is 0.317 e. The van der Waals surface area contributed by atoms with Gasteiger partial charge >= 0.3 is 0 Å². The number of rotatable bonds is 5. The van der Waals surface area contributed by atoms with Crippen LogP contribution in [-0.2, 0) is 9.09 Å². The zero-order valence-electron chi connectivity index (χ0n) is 16.0. The van der Waals surface area contributed by atoms with Crippen molar-refractivity contribution >= 4 is 18.2 Å². The predicted molar refractivity (Wildman–Crippen MR) is 114 cm³/mol. The fraction of sp³-hybridized carbons (Fsp3) is 0.167. The van der Waals surface area contributed by atoms with Gasteiger partial charge in [0.15, 0.2) is 0 Å². The molecule has 0 aliphatic carbocycles. The SMILES string of the molecule is CC(C)(C)OP(=O)(C=C(c1ccccc1)c1ccccc1)c1ccccc1. The maximum Gasteiger partial charge on any atom is 0.255 e. The quantitative estimate of drug-likeness (QED) is 0.476. The molecule has 0 aliphatic heterocycles. The summed E-state index contributed by atoms with van der Waals surface area (Å²) in [4.78, 5) is 0. The lowest BCUT2D eigenvalue weighted by molar-refractivity contribution is 0.141. The molecule has 0 radical (unpaired) electrons. The first-order valence-electron chi connectivity index (χ1n) is 9.07. The first-order valence-corrected chi connectivity index (χ1v) is 10.8. The Morgan fingerprint density at radius 2 is 1.15 bits per heavy atom. The van der Waals surface area contributed by atoms with Gasteiger partial charge in [-0.3, -0.25) is 4.57 Å². The highest BCUT2D eigenvalue weighted by molar-refractivity contribution is 7.70. The third kappa shape index (κ3) is 5.07. The fourth-order valence-electron chi connectivity index (χ4n) is 2.92. The zero-order chi connectivity index (χ0) is 19.3. The van der Waals surface area contributed by atoms with Crippen LogP contribution in [0.1, 0.15) is 31.9 Å². The third-order valence-electron chi connectivity index (χ3n) is 3.99. The Morgan fingerprint density at radius 3 is 1.56 bits per heavy atom. The summed E-state index contributed by atoms with van der Waals surface area (Å²) < 4.78 is 20.3. The molecule has 3 aromatic carbocycles. The minimum absolute atomic E-state index is 0.541. The Bertz CT molecular complexity index is 898.